The SMILES string of the molecule is CN(Cc1cc(N(C)C)nc(C2CCCCN2)n1)Cc1ccc(N2CCCCC2)cc1F. The smallest absolute Gasteiger partial charge is 0.147 e. The van der Waals surface area contributed by atoms with Crippen LogP contribution in [0, 0.1) is 5.82 Å². The lowest BCUT2D eigenvalue weighted by molar-refractivity contribution is 0.308. The van der Waals surface area contributed by atoms with Gasteiger partial charge in [0.05, 0.1) is 11.7 Å². The number of aromatic nitrogens is 2. The molecule has 2 saturated heterocycles. The van der Waals surface area contributed by atoms with Gasteiger partial charge in [-0.3, -0.25) is 4.90 Å². The molecule has 1 aromatic carbocycles. The molecule has 32 heavy (non-hydrogen) atoms. The zero-order valence-electron chi connectivity index (χ0n) is 19.8. The number of anilines is 2. The van der Waals surface area contributed by atoms with Crippen LogP contribution < -0.4 is 15.1 Å². The first-order valence-corrected chi connectivity index (χ1v) is 12.0. The molecular formula is C25H37FN6. The first-order chi connectivity index (χ1) is 15.5. The predicted molar refractivity (Wildman–Crippen MR) is 129 cm³/mol. The molecule has 1 unspecified atom stereocenters. The van der Waals surface area contributed by atoms with E-state index >= 15 is 0 Å². The fourth-order valence-corrected chi connectivity index (χ4v) is 4.68. The normalized spacial score (nSPS) is 19.4. The first-order valence-electron chi connectivity index (χ1n) is 12.0. The van der Waals surface area contributed by atoms with Crippen LogP contribution in [0.15, 0.2) is 24.3 Å². The van der Waals surface area contributed by atoms with Crippen LogP contribution in [0.5, 0.6) is 0 Å². The van der Waals surface area contributed by atoms with Crippen LogP contribution in [0.2, 0.25) is 0 Å². The number of nitrogens with zero attached hydrogens (tertiary/aromatic N) is 5. The average molecular weight is 441 g/mol. The summed E-state index contributed by atoms with van der Waals surface area (Å²) in [7, 11) is 6.04. The van der Waals surface area contributed by atoms with Crippen molar-refractivity contribution in [3.63, 3.8) is 0 Å². The lowest BCUT2D eigenvalue weighted by Gasteiger charge is -2.29. The fourth-order valence-electron chi connectivity index (χ4n) is 4.68. The predicted octanol–water partition coefficient (Wildman–Crippen LogP) is 4.12. The van der Waals surface area contributed by atoms with Crippen LogP contribution in [0.1, 0.15) is 61.6 Å². The lowest BCUT2D eigenvalue weighted by Crippen LogP contribution is -2.30. The molecule has 1 atom stereocenters. The number of hydrogen-bond acceptors (Lipinski definition) is 6. The molecule has 2 aromatic rings. The number of benzene rings is 1. The molecule has 2 aliphatic rings. The van der Waals surface area contributed by atoms with E-state index in [9.17, 15) is 4.39 Å². The second kappa shape index (κ2) is 10.6. The lowest BCUT2D eigenvalue weighted by atomic mass is 10.0. The third-order valence-electron chi connectivity index (χ3n) is 6.49. The molecule has 6 nitrogen and oxygen atoms in total. The second-order valence-electron chi connectivity index (χ2n) is 9.47. The van der Waals surface area contributed by atoms with Gasteiger partial charge in [-0.1, -0.05) is 12.5 Å². The quantitative estimate of drug-likeness (QED) is 0.699. The summed E-state index contributed by atoms with van der Waals surface area (Å²) in [4.78, 5) is 16.1. The Balaban J connectivity index is 1.45. The van der Waals surface area contributed by atoms with Crippen molar-refractivity contribution in [3.05, 3.63) is 47.2 Å². The Kier molecular flexibility index (Phi) is 7.58. The van der Waals surface area contributed by atoms with Crippen molar-refractivity contribution in [2.45, 2.75) is 57.7 Å². The summed E-state index contributed by atoms with van der Waals surface area (Å²) < 4.78 is 14.9. The highest BCUT2D eigenvalue weighted by Gasteiger charge is 2.20. The molecular weight excluding hydrogens is 403 g/mol. The van der Waals surface area contributed by atoms with Gasteiger partial charge in [0.2, 0.25) is 0 Å². The minimum absolute atomic E-state index is 0.122. The summed E-state index contributed by atoms with van der Waals surface area (Å²) in [6.45, 7) is 4.26. The molecule has 2 aliphatic heterocycles. The van der Waals surface area contributed by atoms with Gasteiger partial charge in [-0.25, -0.2) is 14.4 Å². The number of halogens is 1. The van der Waals surface area contributed by atoms with E-state index in [1.54, 1.807) is 6.07 Å². The van der Waals surface area contributed by atoms with E-state index in [1.165, 1.54) is 32.1 Å². The minimum atomic E-state index is -0.122. The van der Waals surface area contributed by atoms with Crippen molar-refractivity contribution in [1.82, 2.24) is 20.2 Å². The molecule has 3 heterocycles. The van der Waals surface area contributed by atoms with E-state index in [0.717, 1.165) is 54.6 Å². The Morgan fingerprint density at radius 1 is 1.00 bits per heavy atom. The monoisotopic (exact) mass is 440 g/mol. The van der Waals surface area contributed by atoms with Gasteiger partial charge in [-0.15, -0.1) is 0 Å². The van der Waals surface area contributed by atoms with Gasteiger partial charge in [0, 0.05) is 57.6 Å². The molecule has 0 aliphatic carbocycles. The largest absolute Gasteiger partial charge is 0.371 e. The molecule has 4 rings (SSSR count). The summed E-state index contributed by atoms with van der Waals surface area (Å²) in [6.07, 6.45) is 7.15. The van der Waals surface area contributed by atoms with E-state index in [0.29, 0.717) is 13.1 Å². The molecule has 0 amide bonds. The number of rotatable bonds is 7. The van der Waals surface area contributed by atoms with Crippen molar-refractivity contribution in [1.29, 1.82) is 0 Å². The zero-order valence-corrected chi connectivity index (χ0v) is 19.8. The zero-order chi connectivity index (χ0) is 22.5. The Bertz CT molecular complexity index is 890. The molecule has 0 bridgehead atoms. The molecule has 1 aromatic heterocycles. The van der Waals surface area contributed by atoms with Crippen LogP contribution in [-0.4, -0.2) is 55.6 Å². The molecule has 2 fully saturated rings. The Morgan fingerprint density at radius 3 is 2.50 bits per heavy atom. The summed E-state index contributed by atoms with van der Waals surface area (Å²) in [5.41, 5.74) is 2.70. The number of piperidine rings is 2. The van der Waals surface area contributed by atoms with Gasteiger partial charge in [0.25, 0.3) is 0 Å². The molecule has 0 spiro atoms. The minimum Gasteiger partial charge on any atom is -0.371 e. The Hall–Kier alpha value is -2.25. The van der Waals surface area contributed by atoms with Crippen LogP contribution in [0.25, 0.3) is 0 Å². The van der Waals surface area contributed by atoms with Crippen molar-refractivity contribution in [3.8, 4) is 0 Å². The standard InChI is InChI=1S/C25H37FN6/c1-30(2)24-15-20(28-25(29-24)23-9-5-6-12-27-23)18-31(3)17-19-10-11-21(16-22(19)26)32-13-7-4-8-14-32/h10-11,15-16,23,27H,4-9,12-14,17-18H2,1-3H3. The van der Waals surface area contributed by atoms with Gasteiger partial charge in [0.15, 0.2) is 0 Å². The van der Waals surface area contributed by atoms with Crippen molar-refractivity contribution in [2.75, 3.05) is 50.6 Å². The van der Waals surface area contributed by atoms with Gasteiger partial charge in [-0.2, -0.15) is 0 Å². The molecule has 0 radical (unpaired) electrons. The maximum atomic E-state index is 14.9. The van der Waals surface area contributed by atoms with Crippen LogP contribution in [-0.2, 0) is 13.1 Å². The molecule has 1 N–H and O–H groups in total. The first kappa shape index (κ1) is 22.9. The average Bonchev–Trinajstić information content (AvgIpc) is 2.81. The van der Waals surface area contributed by atoms with E-state index in [2.05, 4.69) is 21.2 Å². The number of nitrogens with one attached hydrogen (secondary N) is 1. The van der Waals surface area contributed by atoms with Crippen LogP contribution >= 0.6 is 0 Å². The summed E-state index contributed by atoms with van der Waals surface area (Å²) >= 11 is 0. The van der Waals surface area contributed by atoms with Crippen molar-refractivity contribution in [2.24, 2.45) is 0 Å². The summed E-state index contributed by atoms with van der Waals surface area (Å²) in [5, 5.41) is 3.55. The van der Waals surface area contributed by atoms with Crippen molar-refractivity contribution < 1.29 is 4.39 Å². The highest BCUT2D eigenvalue weighted by molar-refractivity contribution is 5.48. The number of hydrogen-bond donors (Lipinski definition) is 1. The van der Waals surface area contributed by atoms with Crippen LogP contribution in [0.4, 0.5) is 15.9 Å². The third kappa shape index (κ3) is 5.75. The van der Waals surface area contributed by atoms with Gasteiger partial charge in [-0.05, 0) is 57.8 Å². The van der Waals surface area contributed by atoms with E-state index in [1.807, 2.05) is 38.2 Å². The molecule has 174 valence electrons. The topological polar surface area (TPSA) is 47.5 Å². The molecule has 0 saturated carbocycles. The maximum absolute atomic E-state index is 14.9. The maximum Gasteiger partial charge on any atom is 0.147 e. The Morgan fingerprint density at radius 2 is 1.81 bits per heavy atom. The summed E-state index contributed by atoms with van der Waals surface area (Å²) in [6, 6.07) is 7.97. The van der Waals surface area contributed by atoms with Gasteiger partial charge < -0.3 is 15.1 Å². The molecule has 7 heteroatoms. The fraction of sp³-hybridized carbons (Fsp3) is 0.600. The van der Waals surface area contributed by atoms with Crippen LogP contribution in [0.3, 0.4) is 0 Å². The third-order valence-corrected chi connectivity index (χ3v) is 6.49. The highest BCUT2D eigenvalue weighted by atomic mass is 19.1. The van der Waals surface area contributed by atoms with E-state index in [-0.39, 0.29) is 11.9 Å². The Labute approximate surface area is 191 Å². The van der Waals surface area contributed by atoms with Crippen molar-refractivity contribution >= 4 is 11.5 Å². The van der Waals surface area contributed by atoms with Gasteiger partial charge in [0.1, 0.15) is 17.5 Å². The van der Waals surface area contributed by atoms with Gasteiger partial charge >= 0.3 is 0 Å². The summed E-state index contributed by atoms with van der Waals surface area (Å²) in [5.74, 6) is 1.67. The van der Waals surface area contributed by atoms with E-state index in [4.69, 9.17) is 9.97 Å². The highest BCUT2D eigenvalue weighted by Crippen LogP contribution is 2.25. The second-order valence-corrected chi connectivity index (χ2v) is 9.47. The van der Waals surface area contributed by atoms with E-state index < -0.39 is 0 Å².